The summed E-state index contributed by atoms with van der Waals surface area (Å²) in [7, 11) is 5.25. The van der Waals surface area contributed by atoms with Crippen molar-refractivity contribution < 1.29 is 20.1 Å². The molecule has 0 aliphatic carbocycles. The zero-order valence-electron chi connectivity index (χ0n) is 12.6. The fourth-order valence-electron chi connectivity index (χ4n) is 0.813. The summed E-state index contributed by atoms with van der Waals surface area (Å²) in [5.74, 6) is 0.322. The molecule has 0 aromatic heterocycles. The molecule has 0 fully saturated rings. The van der Waals surface area contributed by atoms with Crippen LogP contribution in [0.4, 0.5) is 0 Å². The minimum Gasteiger partial charge on any atom is -0.508 e. The zero-order valence-corrected chi connectivity index (χ0v) is 12.6. The summed E-state index contributed by atoms with van der Waals surface area (Å²) in [6.45, 7) is 0. The van der Waals surface area contributed by atoms with Crippen LogP contribution in [0.5, 0.6) is 5.75 Å². The number of aromatic hydroxyl groups is 1. The van der Waals surface area contributed by atoms with E-state index < -0.39 is 0 Å². The van der Waals surface area contributed by atoms with Crippen LogP contribution in [0.1, 0.15) is 0 Å². The van der Waals surface area contributed by atoms with E-state index in [4.69, 9.17) is 15.3 Å². The third-order valence-corrected chi connectivity index (χ3v) is 1.42. The van der Waals surface area contributed by atoms with Gasteiger partial charge < -0.3 is 20.1 Å². The molecule has 0 unspecified atom stereocenters. The molecular weight excluding hydrogens is 256 g/mol. The van der Waals surface area contributed by atoms with Crippen molar-refractivity contribution in [1.29, 1.82) is 0 Å². The van der Waals surface area contributed by atoms with Gasteiger partial charge in [-0.2, -0.15) is 0 Å². The normalized spacial score (nSPS) is 6.90. The molecule has 0 spiro atoms. The Bertz CT molecular complexity index is 298. The number of benzene rings is 2. The lowest BCUT2D eigenvalue weighted by atomic mass is 10.3. The van der Waals surface area contributed by atoms with Crippen LogP contribution in [0, 0.1) is 0 Å². The molecule has 0 saturated carbocycles. The summed E-state index contributed by atoms with van der Waals surface area (Å²) < 4.78 is 4.25. The Hall–Kier alpha value is -1.88. The summed E-state index contributed by atoms with van der Waals surface area (Å²) in [6, 6.07) is 20.7. The van der Waals surface area contributed by atoms with Crippen molar-refractivity contribution in [3.05, 3.63) is 66.7 Å². The first kappa shape index (κ1) is 23.2. The number of hydrogen-bond acceptors (Lipinski definition) is 4. The number of rotatable bonds is 0. The molecule has 2 aromatic rings. The van der Waals surface area contributed by atoms with Gasteiger partial charge in [-0.15, -0.1) is 0 Å². The Morgan fingerprint density at radius 2 is 0.800 bits per heavy atom. The number of methoxy groups -OCH3 is 1. The summed E-state index contributed by atoms with van der Waals surface area (Å²) in [4.78, 5) is 0. The van der Waals surface area contributed by atoms with E-state index in [0.717, 1.165) is 14.2 Å². The van der Waals surface area contributed by atoms with Gasteiger partial charge in [0.1, 0.15) is 5.75 Å². The van der Waals surface area contributed by atoms with Gasteiger partial charge in [-0.05, 0) is 12.1 Å². The lowest BCUT2D eigenvalue weighted by Gasteiger charge is -1.82. The van der Waals surface area contributed by atoms with Gasteiger partial charge in [-0.25, -0.2) is 0 Å². The van der Waals surface area contributed by atoms with E-state index in [2.05, 4.69) is 4.74 Å². The monoisotopic (exact) mass is 282 g/mol. The predicted molar refractivity (Wildman–Crippen MR) is 83.8 cm³/mol. The second-order valence-corrected chi connectivity index (χ2v) is 2.90. The minimum atomic E-state index is 0.322. The van der Waals surface area contributed by atoms with Gasteiger partial charge in [-0.1, -0.05) is 54.6 Å². The van der Waals surface area contributed by atoms with Crippen LogP contribution in [0.25, 0.3) is 0 Å². The van der Waals surface area contributed by atoms with Gasteiger partial charge in [0.2, 0.25) is 0 Å². The summed E-state index contributed by atoms with van der Waals surface area (Å²) in [6.07, 6.45) is 0. The first-order valence-electron chi connectivity index (χ1n) is 5.85. The van der Waals surface area contributed by atoms with Crippen LogP contribution in [-0.4, -0.2) is 43.8 Å². The molecule has 20 heavy (non-hydrogen) atoms. The Morgan fingerprint density at radius 3 is 0.950 bits per heavy atom. The lowest BCUT2D eigenvalue weighted by Crippen LogP contribution is -1.56. The van der Waals surface area contributed by atoms with E-state index in [1.54, 1.807) is 38.5 Å². The van der Waals surface area contributed by atoms with Gasteiger partial charge in [0.05, 0.1) is 0 Å². The van der Waals surface area contributed by atoms with Crippen LogP contribution in [0.3, 0.4) is 0 Å². The SMILES string of the molecule is CO.CO.COC.Oc1ccccc1.c1ccccc1. The van der Waals surface area contributed by atoms with Gasteiger partial charge in [0, 0.05) is 28.4 Å². The van der Waals surface area contributed by atoms with Crippen molar-refractivity contribution in [2.45, 2.75) is 0 Å². The van der Waals surface area contributed by atoms with E-state index in [9.17, 15) is 0 Å². The number of aliphatic hydroxyl groups excluding tert-OH is 2. The molecule has 0 radical (unpaired) electrons. The van der Waals surface area contributed by atoms with Crippen molar-refractivity contribution in [3.8, 4) is 5.75 Å². The molecule has 0 aliphatic rings. The quantitative estimate of drug-likeness (QED) is 0.694. The fourth-order valence-corrected chi connectivity index (χ4v) is 0.813. The second-order valence-electron chi connectivity index (χ2n) is 2.90. The van der Waals surface area contributed by atoms with Crippen molar-refractivity contribution >= 4 is 0 Å². The minimum absolute atomic E-state index is 0.322. The zero-order chi connectivity index (χ0) is 16.1. The average molecular weight is 282 g/mol. The maximum absolute atomic E-state index is 8.63. The number of phenolic OH excluding ortho intramolecular Hbond substituents is 1. The number of para-hydroxylation sites is 1. The number of ether oxygens (including phenoxy) is 1. The molecule has 0 amide bonds. The highest BCUT2D eigenvalue weighted by Gasteiger charge is 1.74. The highest BCUT2D eigenvalue weighted by Crippen LogP contribution is 2.02. The second kappa shape index (κ2) is 25.8. The molecule has 2 aromatic carbocycles. The molecule has 4 nitrogen and oxygen atoms in total. The Labute approximate surface area is 121 Å². The van der Waals surface area contributed by atoms with Crippen LogP contribution < -0.4 is 0 Å². The summed E-state index contributed by atoms with van der Waals surface area (Å²) in [5.41, 5.74) is 0. The van der Waals surface area contributed by atoms with Crippen LogP contribution in [-0.2, 0) is 4.74 Å². The number of aliphatic hydroxyl groups is 2. The maximum atomic E-state index is 8.63. The molecule has 4 heteroatoms. The summed E-state index contributed by atoms with van der Waals surface area (Å²) in [5, 5.41) is 22.6. The molecule has 0 heterocycles. The van der Waals surface area contributed by atoms with E-state index >= 15 is 0 Å². The van der Waals surface area contributed by atoms with Crippen LogP contribution in [0.2, 0.25) is 0 Å². The highest BCUT2D eigenvalue weighted by atomic mass is 16.4. The predicted octanol–water partition coefficient (Wildman–Crippen LogP) is 2.56. The Balaban J connectivity index is -0.000000203. The summed E-state index contributed by atoms with van der Waals surface area (Å²) >= 11 is 0. The maximum Gasteiger partial charge on any atom is 0.115 e. The standard InChI is InChI=1S/C6H6O.C6H6.C2H6O.2CH4O/c7-6-4-2-1-3-5-6;1-2-4-6-5-3-1;1-3-2;2*1-2/h1-5,7H;1-6H;1-2H3;2*2H,1H3. The Kier molecular flexibility index (Phi) is 30.0. The first-order valence-corrected chi connectivity index (χ1v) is 5.85. The molecule has 3 N–H and O–H groups in total. The number of hydrogen-bond donors (Lipinski definition) is 3. The number of phenols is 1. The van der Waals surface area contributed by atoms with Crippen LogP contribution in [0.15, 0.2) is 66.7 Å². The van der Waals surface area contributed by atoms with E-state index in [0.29, 0.717) is 5.75 Å². The topological polar surface area (TPSA) is 69.9 Å². The smallest absolute Gasteiger partial charge is 0.115 e. The molecular formula is C16H26O4. The van der Waals surface area contributed by atoms with Gasteiger partial charge in [0.15, 0.2) is 0 Å². The highest BCUT2D eigenvalue weighted by molar-refractivity contribution is 5.18. The van der Waals surface area contributed by atoms with Gasteiger partial charge in [0.25, 0.3) is 0 Å². The van der Waals surface area contributed by atoms with Crippen molar-refractivity contribution in [2.24, 2.45) is 0 Å². The van der Waals surface area contributed by atoms with Crippen molar-refractivity contribution in [2.75, 3.05) is 28.4 Å². The largest absolute Gasteiger partial charge is 0.508 e. The Morgan fingerprint density at radius 1 is 0.600 bits per heavy atom. The van der Waals surface area contributed by atoms with Crippen LogP contribution >= 0.6 is 0 Å². The first-order chi connectivity index (χ1) is 9.81. The third kappa shape index (κ3) is 25.1. The molecule has 0 bridgehead atoms. The van der Waals surface area contributed by atoms with Crippen molar-refractivity contribution in [3.63, 3.8) is 0 Å². The van der Waals surface area contributed by atoms with Crippen molar-refractivity contribution in [1.82, 2.24) is 0 Å². The van der Waals surface area contributed by atoms with E-state index in [-0.39, 0.29) is 0 Å². The molecule has 0 aliphatic heterocycles. The molecule has 0 saturated heterocycles. The third-order valence-electron chi connectivity index (χ3n) is 1.42. The van der Waals surface area contributed by atoms with E-state index in [1.165, 1.54) is 0 Å². The van der Waals surface area contributed by atoms with Gasteiger partial charge in [-0.3, -0.25) is 0 Å². The lowest BCUT2D eigenvalue weighted by molar-refractivity contribution is 0.277. The molecule has 0 atom stereocenters. The fraction of sp³-hybridized carbons (Fsp3) is 0.250. The average Bonchev–Trinajstić information content (AvgIpc) is 2.55. The van der Waals surface area contributed by atoms with Gasteiger partial charge >= 0.3 is 0 Å². The molecule has 114 valence electrons. The molecule has 2 rings (SSSR count). The van der Waals surface area contributed by atoms with E-state index in [1.807, 2.05) is 42.5 Å².